The molecule has 1 unspecified atom stereocenters. The molecule has 356 valence electrons. The van der Waals surface area contributed by atoms with Crippen LogP contribution in [0.2, 0.25) is 0 Å². The lowest BCUT2D eigenvalue weighted by Gasteiger charge is -2.34. The average Bonchev–Trinajstić information content (AvgIpc) is 3.60. The van der Waals surface area contributed by atoms with Crippen molar-refractivity contribution < 1.29 is 62.2 Å². The van der Waals surface area contributed by atoms with Crippen LogP contribution < -0.4 is 38.5 Å². The molecule has 5 amide bonds. The first-order valence-corrected chi connectivity index (χ1v) is 23.4. The molecular weight excluding hydrogens is 819 g/mol. The van der Waals surface area contributed by atoms with Crippen molar-refractivity contribution in [3.8, 4) is 0 Å². The van der Waals surface area contributed by atoms with Crippen molar-refractivity contribution >= 4 is 37.4 Å². The van der Waals surface area contributed by atoms with Gasteiger partial charge in [0.1, 0.15) is 5.54 Å². The summed E-state index contributed by atoms with van der Waals surface area (Å²) in [6, 6.07) is -0.576. The fraction of sp³-hybridized carbons (Fsp3) is 0.872. The maximum atomic E-state index is 13.4. The van der Waals surface area contributed by atoms with E-state index in [0.717, 1.165) is 38.5 Å². The Morgan fingerprint density at radius 2 is 1.02 bits per heavy atom. The molecule has 2 atom stereocenters. The second-order valence-electron chi connectivity index (χ2n) is 15.4. The van der Waals surface area contributed by atoms with Crippen LogP contribution in [-0.2, 0) is 47.3 Å². The van der Waals surface area contributed by atoms with Crippen LogP contribution in [0.5, 0.6) is 0 Å². The van der Waals surface area contributed by atoms with Crippen molar-refractivity contribution in [2.45, 2.75) is 127 Å². The number of aliphatic hydroxyl groups is 1. The molecule has 21 nitrogen and oxygen atoms in total. The van der Waals surface area contributed by atoms with Gasteiger partial charge in [-0.3, -0.25) is 28.5 Å². The number of rotatable bonds is 39. The number of aliphatic hydroxyl groups excluding tert-OH is 1. The van der Waals surface area contributed by atoms with Crippen LogP contribution in [0.15, 0.2) is 0 Å². The van der Waals surface area contributed by atoms with Gasteiger partial charge >= 0.3 is 7.82 Å². The highest BCUT2D eigenvalue weighted by Crippen LogP contribution is 2.37. The number of hydrogen-bond acceptors (Lipinski definition) is 14. The molecule has 0 spiro atoms. The number of ether oxygens (including phenoxy) is 3. The van der Waals surface area contributed by atoms with Crippen molar-refractivity contribution in [1.29, 1.82) is 0 Å². The zero-order chi connectivity index (χ0) is 45.2. The number of nitrogens with zero attached hydrogens (tertiary/aromatic N) is 1. The molecule has 1 heterocycles. The van der Waals surface area contributed by atoms with Gasteiger partial charge in [-0.25, -0.2) is 4.57 Å². The number of hydrogen-bond donors (Lipinski definition) is 10. The summed E-state index contributed by atoms with van der Waals surface area (Å²) < 4.78 is 33.4. The van der Waals surface area contributed by atoms with Gasteiger partial charge in [0.2, 0.25) is 29.5 Å². The zero-order valence-electron chi connectivity index (χ0n) is 36.1. The number of carbonyl (C=O) groups excluding carboxylic acids is 5. The smallest absolute Gasteiger partial charge is 0.391 e. The number of unbranched alkanes of at least 4 members (excludes halogenated alkanes) is 7. The van der Waals surface area contributed by atoms with Crippen LogP contribution in [-0.4, -0.2) is 159 Å². The first-order chi connectivity index (χ1) is 29.2. The Balaban J connectivity index is 2.68. The lowest BCUT2D eigenvalue weighted by molar-refractivity contribution is -0.133. The van der Waals surface area contributed by atoms with E-state index < -0.39 is 25.5 Å². The molecule has 1 saturated heterocycles. The lowest BCUT2D eigenvalue weighted by atomic mass is 10.0. The molecular formula is C39H77N8O13P. The van der Waals surface area contributed by atoms with E-state index >= 15 is 0 Å². The molecule has 1 fully saturated rings. The third-order valence-electron chi connectivity index (χ3n) is 9.76. The van der Waals surface area contributed by atoms with Gasteiger partial charge < -0.3 is 72.5 Å². The molecule has 1 aliphatic heterocycles. The Hall–Kier alpha value is -2.82. The number of likely N-dealkylation sites (tertiary alicyclic amines) is 1. The molecule has 61 heavy (non-hydrogen) atoms. The van der Waals surface area contributed by atoms with E-state index in [0.29, 0.717) is 71.4 Å². The van der Waals surface area contributed by atoms with Gasteiger partial charge in [-0.1, -0.05) is 38.5 Å². The summed E-state index contributed by atoms with van der Waals surface area (Å²) in [5, 5.41) is 21.4. The highest BCUT2D eigenvalue weighted by molar-refractivity contribution is 7.46. The summed E-state index contributed by atoms with van der Waals surface area (Å²) in [6.45, 7) is 2.53. The normalized spacial score (nSPS) is 15.5. The Morgan fingerprint density at radius 1 is 0.607 bits per heavy atom. The Bertz CT molecular complexity index is 1210. The molecule has 0 radical (unpaired) electrons. The maximum Gasteiger partial charge on any atom is 0.469 e. The minimum absolute atomic E-state index is 0.0581. The second kappa shape index (κ2) is 34.6. The van der Waals surface area contributed by atoms with E-state index in [-0.39, 0.29) is 121 Å². The summed E-state index contributed by atoms with van der Waals surface area (Å²) in [4.78, 5) is 82.3. The molecule has 0 saturated carbocycles. The Labute approximate surface area is 361 Å². The Morgan fingerprint density at radius 3 is 1.43 bits per heavy atom. The van der Waals surface area contributed by atoms with Gasteiger partial charge in [-0.05, 0) is 58.2 Å². The number of phosphoric ester groups is 1. The van der Waals surface area contributed by atoms with Crippen LogP contribution in [0.3, 0.4) is 0 Å². The van der Waals surface area contributed by atoms with Crippen molar-refractivity contribution in [3.63, 3.8) is 0 Å². The van der Waals surface area contributed by atoms with Gasteiger partial charge in [-0.2, -0.15) is 0 Å². The quantitative estimate of drug-likeness (QED) is 0.0273. The van der Waals surface area contributed by atoms with Gasteiger partial charge in [-0.15, -0.1) is 0 Å². The number of carbonyl (C=O) groups is 5. The SMILES string of the molecule is NCCCNC(=O)CCOCC(COCCC(=O)NCCCN)(COCCC(=O)NCCCN)NC(=O)CCCCCCCCCCC(=O)N1CC(O)C[C@H]1COP(=O)(O)O. The highest BCUT2D eigenvalue weighted by Gasteiger charge is 2.36. The standard InChI is InChI=1S/C39H77N8O13P/c40-17-9-20-43-34(49)14-23-57-29-39(30-58-24-15-35(50)44-21-10-18-41,31-59-25-16-36(51)45-22-11-19-42)46-37(52)12-7-5-3-1-2-4-6-8-13-38(53)47-27-33(48)26-32(47)28-60-61(54,55)56/h32-33,48H,1-31,40-42H2,(H,43,49)(H,44,50)(H,45,51)(H,46,52)(H2,54,55,56)/t32-,33?/m0/s1. The summed E-state index contributed by atoms with van der Waals surface area (Å²) >= 11 is 0. The number of nitrogens with one attached hydrogen (secondary N) is 4. The lowest BCUT2D eigenvalue weighted by Crippen LogP contribution is -2.58. The maximum absolute atomic E-state index is 13.4. The molecule has 13 N–H and O–H groups in total. The number of phosphoric acid groups is 1. The molecule has 1 rings (SSSR count). The van der Waals surface area contributed by atoms with E-state index in [1.165, 1.54) is 4.90 Å². The summed E-state index contributed by atoms with van der Waals surface area (Å²) in [5.41, 5.74) is 15.3. The minimum Gasteiger partial charge on any atom is -0.391 e. The fourth-order valence-electron chi connectivity index (χ4n) is 6.45. The van der Waals surface area contributed by atoms with E-state index in [1.807, 2.05) is 0 Å². The first kappa shape index (κ1) is 56.2. The number of nitrogens with two attached hydrogens (primary N) is 3. The first-order valence-electron chi connectivity index (χ1n) is 21.9. The van der Waals surface area contributed by atoms with Gasteiger partial charge in [0.15, 0.2) is 0 Å². The summed E-state index contributed by atoms with van der Waals surface area (Å²) in [6.07, 6.45) is 8.83. The zero-order valence-corrected chi connectivity index (χ0v) is 37.0. The van der Waals surface area contributed by atoms with E-state index in [9.17, 15) is 33.6 Å². The fourth-order valence-corrected chi connectivity index (χ4v) is 6.81. The second-order valence-corrected chi connectivity index (χ2v) is 16.7. The van der Waals surface area contributed by atoms with Crippen LogP contribution in [0, 0.1) is 0 Å². The third-order valence-corrected chi connectivity index (χ3v) is 10.2. The number of amides is 5. The minimum atomic E-state index is -4.68. The third kappa shape index (κ3) is 30.0. The van der Waals surface area contributed by atoms with Crippen LogP contribution in [0.4, 0.5) is 0 Å². The van der Waals surface area contributed by atoms with Crippen molar-refractivity contribution in [2.75, 3.05) is 92.1 Å². The van der Waals surface area contributed by atoms with Gasteiger partial charge in [0.25, 0.3) is 0 Å². The van der Waals surface area contributed by atoms with Crippen LogP contribution in [0.1, 0.15) is 109 Å². The molecule has 0 aliphatic carbocycles. The topological polar surface area (TPSA) is 329 Å². The predicted octanol–water partition coefficient (Wildman–Crippen LogP) is -0.571. The average molecular weight is 897 g/mol. The number of β-amino-alcohol motifs (C(OH)–C–C–N with tert-alkyl or cyclic N) is 1. The summed E-state index contributed by atoms with van der Waals surface area (Å²) in [5.74, 6) is -1.02. The van der Waals surface area contributed by atoms with Crippen molar-refractivity contribution in [3.05, 3.63) is 0 Å². The molecule has 0 bridgehead atoms. The largest absolute Gasteiger partial charge is 0.469 e. The molecule has 22 heteroatoms. The van der Waals surface area contributed by atoms with E-state index in [4.69, 9.17) is 41.2 Å². The van der Waals surface area contributed by atoms with Gasteiger partial charge in [0, 0.05) is 58.3 Å². The van der Waals surface area contributed by atoms with Gasteiger partial charge in [0.05, 0.1) is 58.4 Å². The predicted molar refractivity (Wildman–Crippen MR) is 228 cm³/mol. The Kier molecular flexibility index (Phi) is 31.9. The molecule has 1 aliphatic rings. The van der Waals surface area contributed by atoms with Crippen LogP contribution >= 0.6 is 7.82 Å². The van der Waals surface area contributed by atoms with Crippen molar-refractivity contribution in [2.24, 2.45) is 17.2 Å². The van der Waals surface area contributed by atoms with E-state index in [2.05, 4.69) is 25.8 Å². The summed E-state index contributed by atoms with van der Waals surface area (Å²) in [7, 11) is -4.68. The van der Waals surface area contributed by atoms with Crippen molar-refractivity contribution in [1.82, 2.24) is 26.2 Å². The molecule has 0 aromatic carbocycles. The van der Waals surface area contributed by atoms with E-state index in [1.54, 1.807) is 0 Å². The molecule has 0 aromatic heterocycles. The van der Waals surface area contributed by atoms with Crippen LogP contribution in [0.25, 0.3) is 0 Å². The monoisotopic (exact) mass is 897 g/mol. The molecule has 0 aromatic rings. The highest BCUT2D eigenvalue weighted by atomic mass is 31.2.